The van der Waals surface area contributed by atoms with Crippen LogP contribution in [0.2, 0.25) is 0 Å². The van der Waals surface area contributed by atoms with Crippen molar-refractivity contribution in [2.45, 2.75) is 82.8 Å². The number of hydrogen-bond acceptors (Lipinski definition) is 5. The molecule has 0 radical (unpaired) electrons. The Labute approximate surface area is 221 Å². The van der Waals surface area contributed by atoms with Crippen molar-refractivity contribution < 1.29 is 9.59 Å². The summed E-state index contributed by atoms with van der Waals surface area (Å²) in [6.45, 7) is 3.53. The number of amides is 2. The first-order chi connectivity index (χ1) is 18.1. The zero-order valence-electron chi connectivity index (χ0n) is 22.3. The lowest BCUT2D eigenvalue weighted by molar-refractivity contribution is -0.139. The molecule has 0 bridgehead atoms. The molecule has 3 atom stereocenters. The summed E-state index contributed by atoms with van der Waals surface area (Å²) >= 11 is 0. The third kappa shape index (κ3) is 5.52. The fraction of sp³-hybridized carbons (Fsp3) is 0.567. The van der Waals surface area contributed by atoms with Crippen molar-refractivity contribution in [3.63, 3.8) is 0 Å². The number of para-hydroxylation sites is 1. The molecule has 2 aliphatic heterocycles. The first-order valence-electron chi connectivity index (χ1n) is 14.2. The van der Waals surface area contributed by atoms with Crippen molar-refractivity contribution in [3.05, 3.63) is 53.9 Å². The molecule has 7 heteroatoms. The van der Waals surface area contributed by atoms with Gasteiger partial charge >= 0.3 is 0 Å². The van der Waals surface area contributed by atoms with Gasteiger partial charge in [-0.05, 0) is 81.7 Å². The highest BCUT2D eigenvalue weighted by Crippen LogP contribution is 2.38. The molecule has 0 spiro atoms. The Morgan fingerprint density at radius 2 is 1.81 bits per heavy atom. The Balaban J connectivity index is 1.39. The third-order valence-electron chi connectivity index (χ3n) is 8.60. The second-order valence-corrected chi connectivity index (χ2v) is 10.9. The van der Waals surface area contributed by atoms with Crippen LogP contribution in [0.15, 0.2) is 42.7 Å². The van der Waals surface area contributed by atoms with Crippen molar-refractivity contribution in [1.29, 1.82) is 0 Å². The minimum atomic E-state index is -0.464. The van der Waals surface area contributed by atoms with E-state index < -0.39 is 6.04 Å². The molecular formula is C30H41N5O2. The fourth-order valence-electron chi connectivity index (χ4n) is 6.39. The van der Waals surface area contributed by atoms with Crippen LogP contribution in [-0.4, -0.2) is 53.9 Å². The Morgan fingerprint density at radius 3 is 2.62 bits per heavy atom. The van der Waals surface area contributed by atoms with Crippen molar-refractivity contribution in [3.8, 4) is 0 Å². The van der Waals surface area contributed by atoms with Crippen LogP contribution < -0.4 is 15.5 Å². The standard InChI is InChI=1S/C30H41N5O2/c1-21(31-2)29(36)33-28(23-11-4-3-5-12-23)30(37)35-17-9-15-27(35)24-18-25(20-32-19-24)34-16-8-13-22-10-6-7-14-26(22)34/h6-7,10,14,18-21,23,27-28,31H,3-5,8-9,11-13,15-17H2,1-2H3,(H,33,36)/t21?,27?,28-/m0/s1. The summed E-state index contributed by atoms with van der Waals surface area (Å²) in [7, 11) is 1.78. The number of carbonyl (C=O) groups is 2. The van der Waals surface area contributed by atoms with Crippen LogP contribution in [0.1, 0.15) is 75.5 Å². The molecule has 37 heavy (non-hydrogen) atoms. The minimum Gasteiger partial charge on any atom is -0.343 e. The summed E-state index contributed by atoms with van der Waals surface area (Å²) in [5.41, 5.74) is 4.80. The molecule has 1 saturated carbocycles. The number of nitrogens with one attached hydrogen (secondary N) is 2. The quantitative estimate of drug-likeness (QED) is 0.582. The molecule has 1 saturated heterocycles. The molecule has 2 fully saturated rings. The van der Waals surface area contributed by atoms with Crippen LogP contribution in [-0.2, 0) is 16.0 Å². The summed E-state index contributed by atoms with van der Waals surface area (Å²) < 4.78 is 0. The number of likely N-dealkylation sites (tertiary alicyclic amines) is 1. The molecule has 2 N–H and O–H groups in total. The largest absolute Gasteiger partial charge is 0.343 e. The molecule has 1 aromatic heterocycles. The highest BCUT2D eigenvalue weighted by atomic mass is 16.2. The molecule has 3 aliphatic rings. The minimum absolute atomic E-state index is 0.00954. The summed E-state index contributed by atoms with van der Waals surface area (Å²) in [5.74, 6) is 0.166. The van der Waals surface area contributed by atoms with Crippen molar-refractivity contribution >= 4 is 23.2 Å². The van der Waals surface area contributed by atoms with E-state index in [1.807, 2.05) is 24.2 Å². The van der Waals surface area contributed by atoms with Crippen molar-refractivity contribution in [2.75, 3.05) is 25.0 Å². The number of hydrogen-bond donors (Lipinski definition) is 2. The topological polar surface area (TPSA) is 77.6 Å². The number of fused-ring (bicyclic) bond motifs is 1. The van der Waals surface area contributed by atoms with Gasteiger partial charge in [0.1, 0.15) is 6.04 Å². The van der Waals surface area contributed by atoms with E-state index in [2.05, 4.69) is 50.8 Å². The second-order valence-electron chi connectivity index (χ2n) is 10.9. The molecule has 1 aliphatic carbocycles. The molecule has 7 nitrogen and oxygen atoms in total. The number of aromatic nitrogens is 1. The Bertz CT molecular complexity index is 1100. The summed E-state index contributed by atoms with van der Waals surface area (Å²) in [6.07, 6.45) is 13.4. The van der Waals surface area contributed by atoms with Gasteiger partial charge in [0.05, 0.1) is 24.0 Å². The zero-order valence-corrected chi connectivity index (χ0v) is 22.3. The molecule has 2 aromatic rings. The number of rotatable bonds is 7. The van der Waals surface area contributed by atoms with E-state index in [4.69, 9.17) is 0 Å². The maximum Gasteiger partial charge on any atom is 0.245 e. The maximum atomic E-state index is 14.1. The van der Waals surface area contributed by atoms with Crippen molar-refractivity contribution in [1.82, 2.24) is 20.5 Å². The van der Waals surface area contributed by atoms with E-state index in [0.29, 0.717) is 0 Å². The predicted molar refractivity (Wildman–Crippen MR) is 147 cm³/mol. The van der Waals surface area contributed by atoms with Crippen LogP contribution >= 0.6 is 0 Å². The highest BCUT2D eigenvalue weighted by Gasteiger charge is 2.39. The van der Waals surface area contributed by atoms with E-state index in [0.717, 1.165) is 75.7 Å². The van der Waals surface area contributed by atoms with Crippen LogP contribution in [0.4, 0.5) is 11.4 Å². The lowest BCUT2D eigenvalue weighted by Gasteiger charge is -2.36. The van der Waals surface area contributed by atoms with E-state index in [-0.39, 0.29) is 29.8 Å². The predicted octanol–water partition coefficient (Wildman–Crippen LogP) is 4.50. The zero-order chi connectivity index (χ0) is 25.8. The number of aryl methyl sites for hydroxylation is 1. The molecule has 5 rings (SSSR count). The van der Waals surface area contributed by atoms with E-state index in [9.17, 15) is 9.59 Å². The Morgan fingerprint density at radius 1 is 1.00 bits per heavy atom. The number of benzene rings is 1. The monoisotopic (exact) mass is 503 g/mol. The molecule has 3 heterocycles. The van der Waals surface area contributed by atoms with Gasteiger partial charge in [0.2, 0.25) is 11.8 Å². The van der Waals surface area contributed by atoms with Crippen LogP contribution in [0, 0.1) is 5.92 Å². The lowest BCUT2D eigenvalue weighted by Crippen LogP contribution is -2.55. The van der Waals surface area contributed by atoms with Gasteiger partial charge in [-0.1, -0.05) is 37.5 Å². The first-order valence-corrected chi connectivity index (χ1v) is 14.2. The maximum absolute atomic E-state index is 14.1. The Hall–Kier alpha value is -2.93. The summed E-state index contributed by atoms with van der Waals surface area (Å²) in [4.78, 5) is 36.0. The van der Waals surface area contributed by atoms with E-state index in [1.54, 1.807) is 7.05 Å². The van der Waals surface area contributed by atoms with Crippen LogP contribution in [0.3, 0.4) is 0 Å². The van der Waals surface area contributed by atoms with Gasteiger partial charge in [0, 0.05) is 25.0 Å². The number of nitrogens with zero attached hydrogens (tertiary/aromatic N) is 3. The summed E-state index contributed by atoms with van der Waals surface area (Å²) in [6, 6.07) is 10.0. The molecule has 2 unspecified atom stereocenters. The smallest absolute Gasteiger partial charge is 0.245 e. The van der Waals surface area contributed by atoms with Gasteiger partial charge in [-0.3, -0.25) is 14.6 Å². The normalized spacial score (nSPS) is 21.8. The van der Waals surface area contributed by atoms with Crippen molar-refractivity contribution in [2.24, 2.45) is 5.92 Å². The van der Waals surface area contributed by atoms with Gasteiger partial charge in [-0.2, -0.15) is 0 Å². The van der Waals surface area contributed by atoms with Gasteiger partial charge in [-0.25, -0.2) is 0 Å². The van der Waals surface area contributed by atoms with Crippen LogP contribution in [0.5, 0.6) is 0 Å². The second kappa shape index (κ2) is 11.6. The lowest BCUT2D eigenvalue weighted by atomic mass is 9.83. The summed E-state index contributed by atoms with van der Waals surface area (Å²) in [5, 5.41) is 6.15. The number of anilines is 2. The first kappa shape index (κ1) is 25.7. The molecule has 2 amide bonds. The highest BCUT2D eigenvalue weighted by molar-refractivity contribution is 5.90. The van der Waals surface area contributed by atoms with Gasteiger partial charge in [0.15, 0.2) is 0 Å². The number of carbonyl (C=O) groups excluding carboxylic acids is 2. The van der Waals surface area contributed by atoms with Gasteiger partial charge in [-0.15, -0.1) is 0 Å². The Kier molecular flexibility index (Phi) is 8.08. The van der Waals surface area contributed by atoms with Crippen LogP contribution in [0.25, 0.3) is 0 Å². The molecule has 198 valence electrons. The molecule has 1 aromatic carbocycles. The number of likely N-dealkylation sites (N-methyl/N-ethyl adjacent to an activating group) is 1. The van der Waals surface area contributed by atoms with Gasteiger partial charge in [0.25, 0.3) is 0 Å². The van der Waals surface area contributed by atoms with E-state index in [1.165, 1.54) is 17.7 Å². The number of pyridine rings is 1. The van der Waals surface area contributed by atoms with E-state index >= 15 is 0 Å². The third-order valence-corrected chi connectivity index (χ3v) is 8.60. The van der Waals surface area contributed by atoms with Gasteiger partial charge < -0.3 is 20.4 Å². The average Bonchev–Trinajstić information content (AvgIpc) is 3.45. The average molecular weight is 504 g/mol. The fourth-order valence-corrected chi connectivity index (χ4v) is 6.39. The SMILES string of the molecule is CNC(C)C(=O)N[C@H](C(=O)N1CCCC1c1cncc(N2CCCc3ccccc32)c1)C1CCCCC1. The molecular weight excluding hydrogens is 462 g/mol.